The number of sulfonamides is 1. The van der Waals surface area contributed by atoms with Crippen molar-refractivity contribution in [2.75, 3.05) is 50.0 Å². The molecule has 9 heteroatoms. The van der Waals surface area contributed by atoms with Gasteiger partial charge in [0.25, 0.3) is 0 Å². The van der Waals surface area contributed by atoms with Crippen molar-refractivity contribution in [3.8, 4) is 0 Å². The Bertz CT molecular complexity index is 977. The number of benzene rings is 2. The van der Waals surface area contributed by atoms with Gasteiger partial charge >= 0.3 is 0 Å². The van der Waals surface area contributed by atoms with Gasteiger partial charge in [0.15, 0.2) is 0 Å². The summed E-state index contributed by atoms with van der Waals surface area (Å²) in [6, 6.07) is 15.1. The van der Waals surface area contributed by atoms with E-state index in [1.807, 2.05) is 30.5 Å². The number of hydrogen-bond donors (Lipinski definition) is 2. The normalized spacial score (nSPS) is 16.4. The number of rotatable bonds is 11. The lowest BCUT2D eigenvalue weighted by molar-refractivity contribution is -0.117. The van der Waals surface area contributed by atoms with Crippen LogP contribution in [0.15, 0.2) is 59.5 Å². The number of anilines is 1. The maximum atomic E-state index is 12.9. The molecule has 180 valence electrons. The Hall–Kier alpha value is -1.91. The maximum absolute atomic E-state index is 12.9. The van der Waals surface area contributed by atoms with Gasteiger partial charge in [-0.1, -0.05) is 37.3 Å². The minimum absolute atomic E-state index is 0.149. The van der Waals surface area contributed by atoms with Gasteiger partial charge in [0.2, 0.25) is 15.9 Å². The van der Waals surface area contributed by atoms with Crippen LogP contribution in [0.1, 0.15) is 18.9 Å². The maximum Gasteiger partial charge on any atom is 0.242 e. The third-order valence-corrected chi connectivity index (χ3v) is 7.95. The van der Waals surface area contributed by atoms with Gasteiger partial charge in [-0.15, -0.1) is 0 Å². The number of amides is 1. The van der Waals surface area contributed by atoms with Crippen LogP contribution in [-0.2, 0) is 21.4 Å². The molecule has 0 aliphatic carbocycles. The number of nitrogens with one attached hydrogen (secondary N) is 2. The number of likely N-dealkylation sites (N-methyl/N-ethyl adjacent to an activating group) is 1. The standard InChI is InChI=1S/C24H34N4O3S2/c1-3-27-14-16-28(17-15-27)19-20-9-11-21(12-10-20)25-24(29)23(13-18-32-2)26-33(30,31)22-7-5-4-6-8-22/h4-12,23,26H,3,13-19H2,1-2H3,(H,25,29). The first-order valence-corrected chi connectivity index (χ1v) is 14.2. The van der Waals surface area contributed by atoms with Crippen molar-refractivity contribution >= 4 is 33.4 Å². The molecule has 7 nitrogen and oxygen atoms in total. The zero-order valence-electron chi connectivity index (χ0n) is 19.4. The summed E-state index contributed by atoms with van der Waals surface area (Å²) < 4.78 is 28.0. The van der Waals surface area contributed by atoms with Crippen LogP contribution >= 0.6 is 11.8 Å². The molecule has 1 unspecified atom stereocenters. The van der Waals surface area contributed by atoms with E-state index in [0.717, 1.165) is 39.3 Å². The number of carbonyl (C=O) groups is 1. The molecule has 2 N–H and O–H groups in total. The van der Waals surface area contributed by atoms with Gasteiger partial charge in [-0.05, 0) is 54.8 Å². The number of hydrogen-bond acceptors (Lipinski definition) is 6. The highest BCUT2D eigenvalue weighted by atomic mass is 32.2. The van der Waals surface area contributed by atoms with Crippen molar-refractivity contribution in [1.29, 1.82) is 0 Å². The van der Waals surface area contributed by atoms with E-state index in [4.69, 9.17) is 0 Å². The van der Waals surface area contributed by atoms with Crippen molar-refractivity contribution in [1.82, 2.24) is 14.5 Å². The number of carbonyl (C=O) groups excluding carboxylic acids is 1. The van der Waals surface area contributed by atoms with Crippen LogP contribution in [0.3, 0.4) is 0 Å². The quantitative estimate of drug-likeness (QED) is 0.504. The van der Waals surface area contributed by atoms with Crippen molar-refractivity contribution in [2.24, 2.45) is 0 Å². The molecule has 1 saturated heterocycles. The second-order valence-corrected chi connectivity index (χ2v) is 10.9. The van der Waals surface area contributed by atoms with Crippen molar-refractivity contribution in [3.05, 3.63) is 60.2 Å². The monoisotopic (exact) mass is 490 g/mol. The smallest absolute Gasteiger partial charge is 0.242 e. The lowest BCUT2D eigenvalue weighted by atomic mass is 10.1. The summed E-state index contributed by atoms with van der Waals surface area (Å²) in [6.07, 6.45) is 2.34. The highest BCUT2D eigenvalue weighted by Gasteiger charge is 2.25. The van der Waals surface area contributed by atoms with Gasteiger partial charge in [0.1, 0.15) is 6.04 Å². The van der Waals surface area contributed by atoms with Gasteiger partial charge in [0.05, 0.1) is 4.90 Å². The summed E-state index contributed by atoms with van der Waals surface area (Å²) in [4.78, 5) is 18.0. The highest BCUT2D eigenvalue weighted by Crippen LogP contribution is 2.15. The van der Waals surface area contributed by atoms with Crippen LogP contribution in [0.25, 0.3) is 0 Å². The molecular formula is C24H34N4O3S2. The second kappa shape index (κ2) is 12.5. The first kappa shape index (κ1) is 25.7. The fourth-order valence-corrected chi connectivity index (χ4v) is 5.50. The van der Waals surface area contributed by atoms with E-state index in [1.165, 1.54) is 17.7 Å². The van der Waals surface area contributed by atoms with Gasteiger partial charge in [0, 0.05) is 38.4 Å². The van der Waals surface area contributed by atoms with E-state index in [2.05, 4.69) is 26.8 Å². The molecule has 0 radical (unpaired) electrons. The average Bonchev–Trinajstić information content (AvgIpc) is 2.84. The van der Waals surface area contributed by atoms with Gasteiger partial charge < -0.3 is 10.2 Å². The zero-order chi connectivity index (χ0) is 23.7. The molecule has 33 heavy (non-hydrogen) atoms. The van der Waals surface area contributed by atoms with Crippen LogP contribution in [0.5, 0.6) is 0 Å². The van der Waals surface area contributed by atoms with Crippen LogP contribution < -0.4 is 10.0 Å². The predicted molar refractivity (Wildman–Crippen MR) is 136 cm³/mol. The van der Waals surface area contributed by atoms with Crippen molar-refractivity contribution in [3.63, 3.8) is 0 Å². The fourth-order valence-electron chi connectivity index (χ4n) is 3.78. The molecular weight excluding hydrogens is 456 g/mol. The summed E-state index contributed by atoms with van der Waals surface area (Å²) in [5.41, 5.74) is 1.86. The Morgan fingerprint density at radius 1 is 1.00 bits per heavy atom. The van der Waals surface area contributed by atoms with Crippen LogP contribution in [-0.4, -0.2) is 74.9 Å². The van der Waals surface area contributed by atoms with Crippen molar-refractivity contribution < 1.29 is 13.2 Å². The molecule has 1 amide bonds. The molecule has 2 aromatic carbocycles. The molecule has 1 aliphatic rings. The molecule has 0 spiro atoms. The fraction of sp³-hybridized carbons (Fsp3) is 0.458. The van der Waals surface area contributed by atoms with E-state index in [-0.39, 0.29) is 10.8 Å². The minimum Gasteiger partial charge on any atom is -0.325 e. The first-order valence-electron chi connectivity index (χ1n) is 11.3. The number of nitrogens with zero attached hydrogens (tertiary/aromatic N) is 2. The topological polar surface area (TPSA) is 81.8 Å². The van der Waals surface area contributed by atoms with E-state index < -0.39 is 16.1 Å². The molecule has 0 aromatic heterocycles. The second-order valence-electron chi connectivity index (χ2n) is 8.16. The Labute approximate surface area is 202 Å². The van der Waals surface area contributed by atoms with Gasteiger partial charge in [-0.25, -0.2) is 8.42 Å². The third-order valence-electron chi connectivity index (χ3n) is 5.82. The zero-order valence-corrected chi connectivity index (χ0v) is 21.0. The van der Waals surface area contributed by atoms with Crippen LogP contribution in [0.2, 0.25) is 0 Å². The average molecular weight is 491 g/mol. The molecule has 1 atom stereocenters. The molecule has 1 fully saturated rings. The first-order chi connectivity index (χ1) is 15.9. The molecule has 2 aromatic rings. The highest BCUT2D eigenvalue weighted by molar-refractivity contribution is 7.98. The molecule has 1 heterocycles. The summed E-state index contributed by atoms with van der Waals surface area (Å²) in [5.74, 6) is 0.312. The summed E-state index contributed by atoms with van der Waals surface area (Å²) in [6.45, 7) is 8.50. The summed E-state index contributed by atoms with van der Waals surface area (Å²) in [5, 5.41) is 2.87. The van der Waals surface area contributed by atoms with E-state index in [0.29, 0.717) is 17.9 Å². The Balaban J connectivity index is 1.59. The molecule has 1 aliphatic heterocycles. The predicted octanol–water partition coefficient (Wildman–Crippen LogP) is 2.86. The molecule has 0 bridgehead atoms. The lowest BCUT2D eigenvalue weighted by Gasteiger charge is -2.34. The Morgan fingerprint density at radius 3 is 2.24 bits per heavy atom. The minimum atomic E-state index is -3.79. The lowest BCUT2D eigenvalue weighted by Crippen LogP contribution is -2.45. The Kier molecular flexibility index (Phi) is 9.76. The summed E-state index contributed by atoms with van der Waals surface area (Å²) in [7, 11) is -3.79. The number of thioether (sulfide) groups is 1. The molecule has 3 rings (SSSR count). The van der Waals surface area contributed by atoms with Crippen molar-refractivity contribution in [2.45, 2.75) is 30.8 Å². The van der Waals surface area contributed by atoms with Gasteiger partial charge in [-0.3, -0.25) is 9.69 Å². The SMILES string of the molecule is CCN1CCN(Cc2ccc(NC(=O)C(CCSC)NS(=O)(=O)c3ccccc3)cc2)CC1. The largest absolute Gasteiger partial charge is 0.325 e. The third kappa shape index (κ3) is 7.82. The van der Waals surface area contributed by atoms with E-state index in [9.17, 15) is 13.2 Å². The van der Waals surface area contributed by atoms with Gasteiger partial charge in [-0.2, -0.15) is 16.5 Å². The van der Waals surface area contributed by atoms with Crippen LogP contribution in [0.4, 0.5) is 5.69 Å². The summed E-state index contributed by atoms with van der Waals surface area (Å²) >= 11 is 1.57. The number of piperazine rings is 1. The van der Waals surface area contributed by atoms with E-state index >= 15 is 0 Å². The molecule has 0 saturated carbocycles. The Morgan fingerprint density at radius 2 is 1.64 bits per heavy atom. The van der Waals surface area contributed by atoms with E-state index in [1.54, 1.807) is 30.0 Å². The van der Waals surface area contributed by atoms with Crippen LogP contribution in [0, 0.1) is 0 Å².